The van der Waals surface area contributed by atoms with Gasteiger partial charge in [-0.2, -0.15) is 4.98 Å². The molecule has 3 N–H and O–H groups in total. The molecule has 1 atom stereocenters. The summed E-state index contributed by atoms with van der Waals surface area (Å²) in [4.78, 5) is 10.4. The number of hydrogen-bond donors (Lipinski definition) is 2. The maximum absolute atomic E-state index is 9.55. The first-order valence-corrected chi connectivity index (χ1v) is 6.88. The molecule has 1 aliphatic heterocycles. The maximum Gasteiger partial charge on any atom is 0.242 e. The quantitative estimate of drug-likeness (QED) is 0.852. The zero-order valence-corrected chi connectivity index (χ0v) is 11.4. The van der Waals surface area contributed by atoms with E-state index < -0.39 is 0 Å². The molecule has 1 unspecified atom stereocenters. The minimum Gasteiger partial charge on any atom is -0.476 e. The monoisotopic (exact) mass is 266 g/mol. The second kappa shape index (κ2) is 6.56. The van der Waals surface area contributed by atoms with E-state index in [4.69, 9.17) is 10.5 Å². The summed E-state index contributed by atoms with van der Waals surface area (Å²) >= 11 is 0. The highest BCUT2D eigenvalue weighted by molar-refractivity contribution is 5.68. The Hall–Kier alpha value is -1.56. The Kier molecular flexibility index (Phi) is 4.79. The molecule has 0 radical (unpaired) electrons. The molecule has 0 saturated carbocycles. The van der Waals surface area contributed by atoms with Crippen molar-refractivity contribution in [3.05, 3.63) is 6.33 Å². The number of hydrogen-bond acceptors (Lipinski definition) is 6. The smallest absolute Gasteiger partial charge is 0.242 e. The van der Waals surface area contributed by atoms with Crippen molar-refractivity contribution in [3.63, 3.8) is 0 Å². The summed E-state index contributed by atoms with van der Waals surface area (Å²) in [6, 6.07) is 0.0779. The fourth-order valence-electron chi connectivity index (χ4n) is 2.50. The van der Waals surface area contributed by atoms with Gasteiger partial charge in [-0.15, -0.1) is 0 Å². The van der Waals surface area contributed by atoms with Gasteiger partial charge in [-0.05, 0) is 19.8 Å². The van der Waals surface area contributed by atoms with Crippen LogP contribution in [0.15, 0.2) is 6.33 Å². The Morgan fingerprint density at radius 2 is 2.26 bits per heavy atom. The van der Waals surface area contributed by atoms with Crippen molar-refractivity contribution in [2.75, 3.05) is 30.4 Å². The molecule has 1 aromatic heterocycles. The average molecular weight is 266 g/mol. The normalized spacial score (nSPS) is 20.1. The predicted octanol–water partition coefficient (Wildman–Crippen LogP) is 1.20. The lowest BCUT2D eigenvalue weighted by Gasteiger charge is -2.30. The van der Waals surface area contributed by atoms with E-state index in [1.807, 2.05) is 6.92 Å². The first kappa shape index (κ1) is 13.9. The van der Waals surface area contributed by atoms with E-state index in [-0.39, 0.29) is 12.6 Å². The van der Waals surface area contributed by atoms with Crippen molar-refractivity contribution >= 4 is 11.5 Å². The molecule has 1 saturated heterocycles. The van der Waals surface area contributed by atoms with Crippen LogP contribution >= 0.6 is 0 Å². The van der Waals surface area contributed by atoms with Crippen LogP contribution in [0.2, 0.25) is 0 Å². The summed E-state index contributed by atoms with van der Waals surface area (Å²) in [5.74, 6) is 1.10. The van der Waals surface area contributed by atoms with Gasteiger partial charge in [0.05, 0.1) is 19.3 Å². The van der Waals surface area contributed by atoms with E-state index in [0.29, 0.717) is 24.0 Å². The molecule has 106 valence electrons. The van der Waals surface area contributed by atoms with Crippen molar-refractivity contribution in [3.8, 4) is 5.88 Å². The van der Waals surface area contributed by atoms with Gasteiger partial charge in [0.25, 0.3) is 0 Å². The molecule has 0 spiro atoms. The minimum atomic E-state index is 0.0779. The van der Waals surface area contributed by atoms with Crippen LogP contribution in [0.5, 0.6) is 5.88 Å². The topological polar surface area (TPSA) is 84.5 Å². The van der Waals surface area contributed by atoms with Gasteiger partial charge in [0.2, 0.25) is 5.88 Å². The Morgan fingerprint density at radius 3 is 3.00 bits per heavy atom. The van der Waals surface area contributed by atoms with Crippen LogP contribution in [-0.2, 0) is 0 Å². The number of aliphatic hydroxyl groups excluding tert-OH is 1. The molecular formula is C13H22N4O2. The van der Waals surface area contributed by atoms with E-state index in [2.05, 4.69) is 14.9 Å². The van der Waals surface area contributed by atoms with Gasteiger partial charge >= 0.3 is 0 Å². The molecule has 2 heterocycles. The van der Waals surface area contributed by atoms with Crippen molar-refractivity contribution in [1.29, 1.82) is 0 Å². The van der Waals surface area contributed by atoms with E-state index >= 15 is 0 Å². The number of anilines is 2. The minimum absolute atomic E-state index is 0.0779. The molecule has 19 heavy (non-hydrogen) atoms. The molecule has 1 aliphatic rings. The highest BCUT2D eigenvalue weighted by Crippen LogP contribution is 2.31. The third-order valence-electron chi connectivity index (χ3n) is 3.47. The lowest BCUT2D eigenvalue weighted by atomic mass is 10.1. The van der Waals surface area contributed by atoms with Crippen molar-refractivity contribution < 1.29 is 9.84 Å². The van der Waals surface area contributed by atoms with Crippen molar-refractivity contribution in [2.24, 2.45) is 0 Å². The van der Waals surface area contributed by atoms with Crippen LogP contribution < -0.4 is 15.4 Å². The van der Waals surface area contributed by atoms with Crippen LogP contribution in [0, 0.1) is 0 Å². The van der Waals surface area contributed by atoms with Crippen LogP contribution in [0.25, 0.3) is 0 Å². The van der Waals surface area contributed by atoms with Crippen LogP contribution in [-0.4, -0.2) is 40.9 Å². The number of nitrogen functional groups attached to an aromatic ring is 1. The number of nitrogens with two attached hydrogens (primary N) is 1. The molecular weight excluding hydrogens is 244 g/mol. The fraction of sp³-hybridized carbons (Fsp3) is 0.692. The summed E-state index contributed by atoms with van der Waals surface area (Å²) in [7, 11) is 0. The number of aliphatic hydroxyl groups is 1. The molecule has 0 aliphatic carbocycles. The van der Waals surface area contributed by atoms with Gasteiger partial charge in [-0.1, -0.05) is 12.8 Å². The Bertz CT molecular complexity index is 414. The third kappa shape index (κ3) is 3.07. The number of nitrogens with zero attached hydrogens (tertiary/aromatic N) is 3. The molecule has 0 aromatic carbocycles. The zero-order valence-electron chi connectivity index (χ0n) is 11.4. The lowest BCUT2D eigenvalue weighted by molar-refractivity contribution is 0.254. The highest BCUT2D eigenvalue weighted by atomic mass is 16.5. The van der Waals surface area contributed by atoms with Crippen LogP contribution in [0.4, 0.5) is 11.5 Å². The molecule has 0 bridgehead atoms. The van der Waals surface area contributed by atoms with Crippen LogP contribution in [0.1, 0.15) is 32.6 Å². The fourth-order valence-corrected chi connectivity index (χ4v) is 2.50. The van der Waals surface area contributed by atoms with E-state index in [1.54, 1.807) is 0 Å². The lowest BCUT2D eigenvalue weighted by Crippen LogP contribution is -2.38. The molecule has 6 nitrogen and oxygen atoms in total. The SMILES string of the molecule is CCOc1ncnc(N2CCCCCC2CO)c1N. The van der Waals surface area contributed by atoms with Gasteiger partial charge in [-0.25, -0.2) is 4.98 Å². The van der Waals surface area contributed by atoms with E-state index in [0.717, 1.165) is 25.8 Å². The summed E-state index contributed by atoms with van der Waals surface area (Å²) < 4.78 is 5.40. The number of ether oxygens (including phenoxy) is 1. The second-order valence-electron chi connectivity index (χ2n) is 4.73. The van der Waals surface area contributed by atoms with Gasteiger partial charge in [0.15, 0.2) is 5.82 Å². The number of aromatic nitrogens is 2. The third-order valence-corrected chi connectivity index (χ3v) is 3.47. The maximum atomic E-state index is 9.55. The van der Waals surface area contributed by atoms with E-state index in [1.165, 1.54) is 12.7 Å². The van der Waals surface area contributed by atoms with E-state index in [9.17, 15) is 5.11 Å². The first-order valence-electron chi connectivity index (χ1n) is 6.88. The van der Waals surface area contributed by atoms with Crippen LogP contribution in [0.3, 0.4) is 0 Å². The van der Waals surface area contributed by atoms with Crippen molar-refractivity contribution in [1.82, 2.24) is 9.97 Å². The van der Waals surface area contributed by atoms with Gasteiger partial charge in [0, 0.05) is 6.54 Å². The Morgan fingerprint density at radius 1 is 1.42 bits per heavy atom. The van der Waals surface area contributed by atoms with Crippen molar-refractivity contribution in [2.45, 2.75) is 38.6 Å². The summed E-state index contributed by atoms with van der Waals surface area (Å²) in [5, 5.41) is 9.55. The average Bonchev–Trinajstić information content (AvgIpc) is 2.66. The summed E-state index contributed by atoms with van der Waals surface area (Å²) in [6.07, 6.45) is 5.82. The number of rotatable bonds is 4. The Labute approximate surface area is 113 Å². The molecule has 1 fully saturated rings. The Balaban J connectivity index is 2.30. The molecule has 6 heteroatoms. The summed E-state index contributed by atoms with van der Waals surface area (Å²) in [5.41, 5.74) is 6.56. The molecule has 0 amide bonds. The van der Waals surface area contributed by atoms with Gasteiger partial charge in [0.1, 0.15) is 12.0 Å². The van der Waals surface area contributed by atoms with Gasteiger partial charge < -0.3 is 20.5 Å². The highest BCUT2D eigenvalue weighted by Gasteiger charge is 2.24. The first-order chi connectivity index (χ1) is 9.27. The zero-order chi connectivity index (χ0) is 13.7. The second-order valence-corrected chi connectivity index (χ2v) is 4.73. The largest absolute Gasteiger partial charge is 0.476 e. The molecule has 2 rings (SSSR count). The summed E-state index contributed by atoms with van der Waals surface area (Å²) in [6.45, 7) is 3.39. The standard InChI is InChI=1S/C13H22N4O2/c1-2-19-13-11(14)12(15-9-16-13)17-7-5-3-4-6-10(17)8-18/h9-10,18H,2-8,14H2,1H3. The predicted molar refractivity (Wildman–Crippen MR) is 74.3 cm³/mol. The molecule has 1 aromatic rings. The van der Waals surface area contributed by atoms with Gasteiger partial charge in [-0.3, -0.25) is 0 Å².